The van der Waals surface area contributed by atoms with E-state index in [1.165, 1.54) is 4.90 Å². The van der Waals surface area contributed by atoms with Crippen LogP contribution in [0.1, 0.15) is 27.0 Å². The van der Waals surface area contributed by atoms with E-state index in [9.17, 15) is 14.9 Å². The molecule has 2 rings (SSSR count). The van der Waals surface area contributed by atoms with Crippen LogP contribution in [0.3, 0.4) is 0 Å². The van der Waals surface area contributed by atoms with Crippen LogP contribution in [-0.4, -0.2) is 30.8 Å². The third kappa shape index (κ3) is 4.58. The molecule has 0 bridgehead atoms. The lowest BCUT2D eigenvalue weighted by Gasteiger charge is -2.11. The van der Waals surface area contributed by atoms with E-state index in [1.807, 2.05) is 38.1 Å². The fraction of sp³-hybridized carbons (Fsp3) is 0.190. The zero-order valence-electron chi connectivity index (χ0n) is 15.3. The SMILES string of the molecule is Cc1ccc(C)c(/C=C(\C#N)C(=O)Nc2ccc(C(=O)N(C)C)cc2)c1. The molecule has 5 heteroatoms. The maximum atomic E-state index is 12.4. The van der Waals surface area contributed by atoms with Gasteiger partial charge in [-0.1, -0.05) is 23.8 Å². The lowest BCUT2D eigenvalue weighted by molar-refractivity contribution is -0.112. The number of carbonyl (C=O) groups excluding carboxylic acids is 2. The minimum atomic E-state index is -0.486. The quantitative estimate of drug-likeness (QED) is 0.679. The Kier molecular flexibility index (Phi) is 5.92. The van der Waals surface area contributed by atoms with Crippen molar-refractivity contribution in [1.29, 1.82) is 5.26 Å². The van der Waals surface area contributed by atoms with E-state index in [2.05, 4.69) is 5.32 Å². The van der Waals surface area contributed by atoms with Crippen molar-refractivity contribution in [3.63, 3.8) is 0 Å². The monoisotopic (exact) mass is 347 g/mol. The molecule has 5 nitrogen and oxygen atoms in total. The van der Waals surface area contributed by atoms with Gasteiger partial charge in [0.25, 0.3) is 11.8 Å². The lowest BCUT2D eigenvalue weighted by atomic mass is 10.0. The van der Waals surface area contributed by atoms with Gasteiger partial charge in [-0.25, -0.2) is 0 Å². The number of nitrogens with one attached hydrogen (secondary N) is 1. The van der Waals surface area contributed by atoms with Crippen molar-refractivity contribution >= 4 is 23.6 Å². The van der Waals surface area contributed by atoms with Crippen molar-refractivity contribution in [2.24, 2.45) is 0 Å². The van der Waals surface area contributed by atoms with Crippen molar-refractivity contribution < 1.29 is 9.59 Å². The van der Waals surface area contributed by atoms with Crippen molar-refractivity contribution in [3.05, 3.63) is 70.3 Å². The van der Waals surface area contributed by atoms with Crippen molar-refractivity contribution in [2.75, 3.05) is 19.4 Å². The molecule has 0 unspecified atom stereocenters. The van der Waals surface area contributed by atoms with E-state index in [1.54, 1.807) is 44.4 Å². The number of aryl methyl sites for hydroxylation is 2. The summed E-state index contributed by atoms with van der Waals surface area (Å²) in [5.74, 6) is -0.601. The highest BCUT2D eigenvalue weighted by atomic mass is 16.2. The normalized spacial score (nSPS) is 10.8. The predicted molar refractivity (Wildman–Crippen MR) is 103 cm³/mol. The molecule has 0 aliphatic rings. The fourth-order valence-electron chi connectivity index (χ4n) is 2.37. The Labute approximate surface area is 153 Å². The summed E-state index contributed by atoms with van der Waals surface area (Å²) in [6, 6.07) is 14.4. The van der Waals surface area contributed by atoms with Crippen LogP contribution in [0.15, 0.2) is 48.0 Å². The molecule has 0 fully saturated rings. The molecule has 26 heavy (non-hydrogen) atoms. The molecule has 1 N–H and O–H groups in total. The number of anilines is 1. The highest BCUT2D eigenvalue weighted by Gasteiger charge is 2.12. The summed E-state index contributed by atoms with van der Waals surface area (Å²) >= 11 is 0. The lowest BCUT2D eigenvalue weighted by Crippen LogP contribution is -2.21. The summed E-state index contributed by atoms with van der Waals surface area (Å²) in [7, 11) is 3.35. The Hall–Kier alpha value is -3.39. The van der Waals surface area contributed by atoms with Crippen molar-refractivity contribution in [2.45, 2.75) is 13.8 Å². The van der Waals surface area contributed by atoms with E-state index in [4.69, 9.17) is 0 Å². The molecule has 2 aromatic carbocycles. The van der Waals surface area contributed by atoms with Gasteiger partial charge in [0.05, 0.1) is 0 Å². The Balaban J connectivity index is 2.19. The van der Waals surface area contributed by atoms with E-state index < -0.39 is 5.91 Å². The van der Waals surface area contributed by atoms with Crippen LogP contribution >= 0.6 is 0 Å². The Morgan fingerprint density at radius 2 is 1.73 bits per heavy atom. The van der Waals surface area contributed by atoms with Gasteiger partial charge >= 0.3 is 0 Å². The van der Waals surface area contributed by atoms with Gasteiger partial charge in [-0.05, 0) is 55.3 Å². The second kappa shape index (κ2) is 8.13. The van der Waals surface area contributed by atoms with Crippen LogP contribution < -0.4 is 5.32 Å². The zero-order valence-corrected chi connectivity index (χ0v) is 15.3. The van der Waals surface area contributed by atoms with E-state index in [0.29, 0.717) is 11.3 Å². The molecular weight excluding hydrogens is 326 g/mol. The minimum absolute atomic E-state index is 0.0205. The van der Waals surface area contributed by atoms with Crippen LogP contribution in [0.2, 0.25) is 0 Å². The molecule has 0 aliphatic heterocycles. The van der Waals surface area contributed by atoms with E-state index in [-0.39, 0.29) is 11.5 Å². The molecule has 0 radical (unpaired) electrons. The number of rotatable bonds is 4. The van der Waals surface area contributed by atoms with Crippen LogP contribution in [0.4, 0.5) is 5.69 Å². The maximum Gasteiger partial charge on any atom is 0.266 e. The molecular formula is C21H21N3O2. The summed E-state index contributed by atoms with van der Waals surface area (Å²) in [5, 5.41) is 12.0. The summed E-state index contributed by atoms with van der Waals surface area (Å²) in [6.45, 7) is 3.89. The van der Waals surface area contributed by atoms with E-state index >= 15 is 0 Å². The number of nitriles is 1. The largest absolute Gasteiger partial charge is 0.345 e. The summed E-state index contributed by atoms with van der Waals surface area (Å²) in [5.41, 5.74) is 3.95. The standard InChI is InChI=1S/C21H21N3O2/c1-14-5-6-15(2)17(11-14)12-18(13-22)20(25)23-19-9-7-16(8-10-19)21(26)24(3)4/h5-12H,1-4H3,(H,23,25)/b18-12+. The third-order valence-corrected chi connectivity index (χ3v) is 3.90. The number of hydrogen-bond acceptors (Lipinski definition) is 3. The molecule has 0 aromatic heterocycles. The highest BCUT2D eigenvalue weighted by molar-refractivity contribution is 6.10. The topological polar surface area (TPSA) is 73.2 Å². The molecule has 2 amide bonds. The third-order valence-electron chi connectivity index (χ3n) is 3.90. The van der Waals surface area contributed by atoms with Crippen LogP contribution in [0, 0.1) is 25.2 Å². The highest BCUT2D eigenvalue weighted by Crippen LogP contribution is 2.16. The first-order chi connectivity index (χ1) is 12.3. The smallest absolute Gasteiger partial charge is 0.266 e. The second-order valence-electron chi connectivity index (χ2n) is 6.26. The zero-order chi connectivity index (χ0) is 19.3. The first kappa shape index (κ1) is 18.9. The molecule has 132 valence electrons. The number of amides is 2. The van der Waals surface area contributed by atoms with Crippen LogP contribution in [0.25, 0.3) is 6.08 Å². The predicted octanol–water partition coefficient (Wildman–Crippen LogP) is 3.55. The molecule has 0 aliphatic carbocycles. The minimum Gasteiger partial charge on any atom is -0.345 e. The Bertz CT molecular complexity index is 904. The van der Waals surface area contributed by atoms with Gasteiger partial charge in [-0.15, -0.1) is 0 Å². The molecule has 0 saturated heterocycles. The van der Waals surface area contributed by atoms with Gasteiger partial charge in [0, 0.05) is 25.3 Å². The summed E-state index contributed by atoms with van der Waals surface area (Å²) < 4.78 is 0. The van der Waals surface area contributed by atoms with Gasteiger partial charge in [0.2, 0.25) is 0 Å². The number of benzene rings is 2. The molecule has 0 atom stereocenters. The van der Waals surface area contributed by atoms with Gasteiger partial charge in [-0.2, -0.15) is 5.26 Å². The number of nitrogens with zero attached hydrogens (tertiary/aromatic N) is 2. The van der Waals surface area contributed by atoms with Crippen molar-refractivity contribution in [3.8, 4) is 6.07 Å². The maximum absolute atomic E-state index is 12.4. The Morgan fingerprint density at radius 1 is 1.08 bits per heavy atom. The van der Waals surface area contributed by atoms with Crippen LogP contribution in [-0.2, 0) is 4.79 Å². The molecule has 0 saturated carbocycles. The van der Waals surface area contributed by atoms with Crippen LogP contribution in [0.5, 0.6) is 0 Å². The van der Waals surface area contributed by atoms with Gasteiger partial charge in [-0.3, -0.25) is 9.59 Å². The van der Waals surface area contributed by atoms with Gasteiger partial charge in [0.15, 0.2) is 0 Å². The van der Waals surface area contributed by atoms with Gasteiger partial charge < -0.3 is 10.2 Å². The summed E-state index contributed by atoms with van der Waals surface area (Å²) in [4.78, 5) is 25.8. The first-order valence-electron chi connectivity index (χ1n) is 8.14. The second-order valence-corrected chi connectivity index (χ2v) is 6.26. The average Bonchev–Trinajstić information content (AvgIpc) is 2.62. The number of carbonyl (C=O) groups is 2. The Morgan fingerprint density at radius 3 is 2.31 bits per heavy atom. The summed E-state index contributed by atoms with van der Waals surface area (Å²) in [6.07, 6.45) is 1.58. The first-order valence-corrected chi connectivity index (χ1v) is 8.14. The molecule has 2 aromatic rings. The van der Waals surface area contributed by atoms with Gasteiger partial charge in [0.1, 0.15) is 11.6 Å². The fourth-order valence-corrected chi connectivity index (χ4v) is 2.37. The van der Waals surface area contributed by atoms with Crippen molar-refractivity contribution in [1.82, 2.24) is 4.90 Å². The van der Waals surface area contributed by atoms with E-state index in [0.717, 1.165) is 16.7 Å². The molecule has 0 heterocycles. The average molecular weight is 347 g/mol. The molecule has 0 spiro atoms. The number of hydrogen-bond donors (Lipinski definition) is 1.